The van der Waals surface area contributed by atoms with E-state index in [1.807, 2.05) is 31.2 Å². The van der Waals surface area contributed by atoms with Crippen LogP contribution >= 0.6 is 0 Å². The Morgan fingerprint density at radius 2 is 2.15 bits per heavy atom. The number of carbonyl (C=O) groups is 1. The second-order valence-corrected chi connectivity index (χ2v) is 4.39. The molecule has 1 aromatic heterocycles. The summed E-state index contributed by atoms with van der Waals surface area (Å²) in [6.45, 7) is 2.34. The van der Waals surface area contributed by atoms with E-state index < -0.39 is 0 Å². The van der Waals surface area contributed by atoms with Gasteiger partial charge in [0.05, 0.1) is 0 Å². The van der Waals surface area contributed by atoms with E-state index in [-0.39, 0.29) is 12.1 Å². The quantitative estimate of drug-likeness (QED) is 0.765. The zero-order valence-electron chi connectivity index (χ0n) is 11.2. The predicted molar refractivity (Wildman–Crippen MR) is 74.1 cm³/mol. The number of rotatable bonds is 5. The Labute approximate surface area is 116 Å². The van der Waals surface area contributed by atoms with Gasteiger partial charge in [-0.1, -0.05) is 17.3 Å². The summed E-state index contributed by atoms with van der Waals surface area (Å²) in [6.07, 6.45) is 1.78. The number of hydrogen-bond acceptors (Lipinski definition) is 5. The Balaban J connectivity index is 1.76. The summed E-state index contributed by atoms with van der Waals surface area (Å²) in [6, 6.07) is 7.11. The molecule has 7 heteroatoms. The first-order valence-corrected chi connectivity index (χ1v) is 6.31. The lowest BCUT2D eigenvalue weighted by molar-refractivity contribution is 0.252. The molecule has 106 valence electrons. The largest absolute Gasteiger partial charge is 0.343 e. The number of aromatic nitrogens is 2. The molecule has 2 amide bonds. The van der Waals surface area contributed by atoms with Gasteiger partial charge in [0, 0.05) is 24.7 Å². The summed E-state index contributed by atoms with van der Waals surface area (Å²) in [5, 5.41) is 9.10. The first-order valence-electron chi connectivity index (χ1n) is 6.31. The highest BCUT2D eigenvalue weighted by molar-refractivity contribution is 5.89. The number of anilines is 1. The molecule has 0 bridgehead atoms. The molecule has 2 aromatic rings. The van der Waals surface area contributed by atoms with Crippen molar-refractivity contribution in [2.75, 3.05) is 11.9 Å². The average molecular weight is 275 g/mol. The molecule has 1 atom stereocenters. The highest BCUT2D eigenvalue weighted by Crippen LogP contribution is 2.13. The standard InChI is InChI=1S/C13H17N5O2/c1-9(14)10-2-4-11(5-3-10)17-13(19)15-7-6-12-16-8-20-18-12/h2-5,8-9H,6-7,14H2,1H3,(H2,15,17,19). The lowest BCUT2D eigenvalue weighted by Gasteiger charge is -2.09. The molecule has 0 radical (unpaired) electrons. The van der Waals surface area contributed by atoms with Gasteiger partial charge in [-0.25, -0.2) is 4.79 Å². The van der Waals surface area contributed by atoms with Gasteiger partial charge in [-0.15, -0.1) is 0 Å². The van der Waals surface area contributed by atoms with Crippen molar-refractivity contribution in [2.45, 2.75) is 19.4 Å². The van der Waals surface area contributed by atoms with Crippen molar-refractivity contribution >= 4 is 11.7 Å². The second kappa shape index (κ2) is 6.67. The van der Waals surface area contributed by atoms with Gasteiger partial charge in [0.25, 0.3) is 0 Å². The number of carbonyl (C=O) groups excluding carboxylic acids is 1. The summed E-state index contributed by atoms with van der Waals surface area (Å²) >= 11 is 0. The predicted octanol–water partition coefficient (Wildman–Crippen LogP) is 1.45. The van der Waals surface area contributed by atoms with E-state index in [0.29, 0.717) is 24.5 Å². The molecular formula is C13H17N5O2. The van der Waals surface area contributed by atoms with E-state index >= 15 is 0 Å². The van der Waals surface area contributed by atoms with Crippen molar-refractivity contribution in [3.63, 3.8) is 0 Å². The Hall–Kier alpha value is -2.41. The number of nitrogens with zero attached hydrogens (tertiary/aromatic N) is 2. The summed E-state index contributed by atoms with van der Waals surface area (Å²) in [5.41, 5.74) is 7.49. The van der Waals surface area contributed by atoms with Crippen LogP contribution in [0.4, 0.5) is 10.5 Å². The van der Waals surface area contributed by atoms with Crippen molar-refractivity contribution < 1.29 is 9.32 Å². The molecule has 0 spiro atoms. The van der Waals surface area contributed by atoms with Crippen LogP contribution < -0.4 is 16.4 Å². The van der Waals surface area contributed by atoms with Crippen molar-refractivity contribution in [3.05, 3.63) is 42.0 Å². The number of nitrogens with one attached hydrogen (secondary N) is 2. The summed E-state index contributed by atoms with van der Waals surface area (Å²) in [5.74, 6) is 0.562. The molecule has 0 aliphatic carbocycles. The Kier molecular flexibility index (Phi) is 4.67. The molecule has 20 heavy (non-hydrogen) atoms. The number of hydrogen-bond donors (Lipinski definition) is 3. The average Bonchev–Trinajstić information content (AvgIpc) is 2.92. The Bertz CT molecular complexity index is 536. The molecule has 0 saturated carbocycles. The van der Waals surface area contributed by atoms with Crippen molar-refractivity contribution in [1.29, 1.82) is 0 Å². The van der Waals surface area contributed by atoms with Crippen molar-refractivity contribution in [2.24, 2.45) is 5.73 Å². The van der Waals surface area contributed by atoms with E-state index in [4.69, 9.17) is 5.73 Å². The van der Waals surface area contributed by atoms with Gasteiger partial charge in [0.15, 0.2) is 5.82 Å². The van der Waals surface area contributed by atoms with Crippen LogP contribution in [-0.2, 0) is 6.42 Å². The van der Waals surface area contributed by atoms with E-state index in [0.717, 1.165) is 5.56 Å². The van der Waals surface area contributed by atoms with Gasteiger partial charge < -0.3 is 20.9 Å². The van der Waals surface area contributed by atoms with E-state index in [2.05, 4.69) is 25.3 Å². The molecular weight excluding hydrogens is 258 g/mol. The molecule has 7 nitrogen and oxygen atoms in total. The van der Waals surface area contributed by atoms with Crippen molar-refractivity contribution in [3.8, 4) is 0 Å². The first kappa shape index (κ1) is 14.0. The molecule has 0 aliphatic heterocycles. The number of benzene rings is 1. The minimum Gasteiger partial charge on any atom is -0.343 e. The molecule has 0 fully saturated rings. The van der Waals surface area contributed by atoms with Gasteiger partial charge in [0.2, 0.25) is 6.39 Å². The van der Waals surface area contributed by atoms with E-state index in [1.165, 1.54) is 6.39 Å². The number of urea groups is 1. The van der Waals surface area contributed by atoms with Crippen LogP contribution in [0.3, 0.4) is 0 Å². The summed E-state index contributed by atoms with van der Waals surface area (Å²) in [4.78, 5) is 15.5. The smallest absolute Gasteiger partial charge is 0.319 e. The van der Waals surface area contributed by atoms with E-state index in [9.17, 15) is 4.79 Å². The van der Waals surface area contributed by atoms with Crippen LogP contribution in [0.2, 0.25) is 0 Å². The van der Waals surface area contributed by atoms with Crippen LogP contribution in [0.25, 0.3) is 0 Å². The maximum absolute atomic E-state index is 11.6. The molecule has 1 heterocycles. The first-order chi connectivity index (χ1) is 9.65. The maximum atomic E-state index is 11.6. The van der Waals surface area contributed by atoms with Gasteiger partial charge in [0.1, 0.15) is 0 Å². The molecule has 0 saturated heterocycles. The molecule has 0 aliphatic rings. The minimum atomic E-state index is -0.276. The third kappa shape index (κ3) is 4.06. The number of nitrogens with two attached hydrogens (primary N) is 1. The van der Waals surface area contributed by atoms with Crippen molar-refractivity contribution in [1.82, 2.24) is 15.5 Å². The molecule has 1 unspecified atom stereocenters. The van der Waals surface area contributed by atoms with Crippen LogP contribution in [0.15, 0.2) is 35.2 Å². The highest BCUT2D eigenvalue weighted by Gasteiger charge is 2.04. The lowest BCUT2D eigenvalue weighted by Crippen LogP contribution is -2.30. The Morgan fingerprint density at radius 3 is 2.75 bits per heavy atom. The van der Waals surface area contributed by atoms with Gasteiger partial charge in [-0.3, -0.25) is 0 Å². The third-order valence-electron chi connectivity index (χ3n) is 2.74. The second-order valence-electron chi connectivity index (χ2n) is 4.39. The highest BCUT2D eigenvalue weighted by atomic mass is 16.5. The van der Waals surface area contributed by atoms with Gasteiger partial charge in [-0.05, 0) is 24.6 Å². The minimum absolute atomic E-state index is 0.0205. The summed E-state index contributed by atoms with van der Waals surface area (Å²) in [7, 11) is 0. The molecule has 4 N–H and O–H groups in total. The fraction of sp³-hybridized carbons (Fsp3) is 0.308. The van der Waals surface area contributed by atoms with Crippen LogP contribution in [0.1, 0.15) is 24.4 Å². The monoisotopic (exact) mass is 275 g/mol. The topological polar surface area (TPSA) is 106 Å². The Morgan fingerprint density at radius 1 is 1.40 bits per heavy atom. The molecule has 2 rings (SSSR count). The van der Waals surface area contributed by atoms with Gasteiger partial charge in [-0.2, -0.15) is 4.98 Å². The fourth-order valence-electron chi connectivity index (χ4n) is 1.64. The zero-order valence-corrected chi connectivity index (χ0v) is 11.2. The normalized spacial score (nSPS) is 11.9. The maximum Gasteiger partial charge on any atom is 0.319 e. The number of amides is 2. The van der Waals surface area contributed by atoms with E-state index in [1.54, 1.807) is 0 Å². The van der Waals surface area contributed by atoms with Crippen LogP contribution in [0.5, 0.6) is 0 Å². The van der Waals surface area contributed by atoms with Crippen LogP contribution in [0, 0.1) is 0 Å². The zero-order chi connectivity index (χ0) is 14.4. The van der Waals surface area contributed by atoms with Gasteiger partial charge >= 0.3 is 6.03 Å². The van der Waals surface area contributed by atoms with Crippen LogP contribution in [-0.4, -0.2) is 22.7 Å². The third-order valence-corrected chi connectivity index (χ3v) is 2.74. The fourth-order valence-corrected chi connectivity index (χ4v) is 1.64. The lowest BCUT2D eigenvalue weighted by atomic mass is 10.1. The summed E-state index contributed by atoms with van der Waals surface area (Å²) < 4.78 is 4.60. The molecule has 1 aromatic carbocycles. The SMILES string of the molecule is CC(N)c1ccc(NC(=O)NCCc2ncon2)cc1.